The van der Waals surface area contributed by atoms with Crippen molar-refractivity contribution in [2.75, 3.05) is 18.5 Å². The Morgan fingerprint density at radius 2 is 2.11 bits per heavy atom. The predicted octanol–water partition coefficient (Wildman–Crippen LogP) is 1.41. The van der Waals surface area contributed by atoms with Gasteiger partial charge in [0.15, 0.2) is 0 Å². The highest BCUT2D eigenvalue weighted by atomic mass is 79.9. The first kappa shape index (κ1) is 13.8. The lowest BCUT2D eigenvalue weighted by Gasteiger charge is -2.14. The van der Waals surface area contributed by atoms with E-state index in [0.717, 1.165) is 14.9 Å². The molecule has 0 unspecified atom stereocenters. The molecule has 1 aliphatic rings. The molecule has 19 heavy (non-hydrogen) atoms. The van der Waals surface area contributed by atoms with E-state index < -0.39 is 11.8 Å². The van der Waals surface area contributed by atoms with Crippen LogP contribution >= 0.6 is 15.9 Å². The third-order valence-electron chi connectivity index (χ3n) is 2.73. The average Bonchev–Trinajstić information content (AvgIpc) is 2.61. The number of aryl methyl sites for hydroxylation is 1. The van der Waals surface area contributed by atoms with Gasteiger partial charge in [0.25, 0.3) is 11.8 Å². The number of β-amino-alcohol motifs (C(OH)–C–C–N with tert-alkyl or cyclic N) is 1. The number of hydrogen-bond donors (Lipinski definition) is 2. The van der Waals surface area contributed by atoms with Crippen LogP contribution in [0.5, 0.6) is 0 Å². The number of hydrogen-bond acceptors (Lipinski definition) is 4. The number of carbonyl (C=O) groups excluding carboxylic acids is 2. The fourth-order valence-electron chi connectivity index (χ4n) is 1.78. The summed E-state index contributed by atoms with van der Waals surface area (Å²) in [7, 11) is 0. The Morgan fingerprint density at radius 3 is 2.74 bits per heavy atom. The second-order valence-corrected chi connectivity index (χ2v) is 5.04. The molecule has 0 saturated heterocycles. The monoisotopic (exact) mass is 324 g/mol. The molecule has 2 N–H and O–H groups in total. The quantitative estimate of drug-likeness (QED) is 0.822. The summed E-state index contributed by atoms with van der Waals surface area (Å²) < 4.78 is 0.814. The van der Waals surface area contributed by atoms with Crippen LogP contribution in [-0.4, -0.2) is 35.0 Å². The lowest BCUT2D eigenvalue weighted by atomic mass is 10.2. The van der Waals surface area contributed by atoms with Gasteiger partial charge in [-0.2, -0.15) is 0 Å². The number of amides is 2. The maximum Gasteiger partial charge on any atom is 0.277 e. The molecule has 0 spiro atoms. The first-order valence-electron chi connectivity index (χ1n) is 5.74. The lowest BCUT2D eigenvalue weighted by molar-refractivity contribution is -0.137. The largest absolute Gasteiger partial charge is 0.395 e. The molecule has 5 nitrogen and oxygen atoms in total. The molecule has 2 rings (SSSR count). The van der Waals surface area contributed by atoms with E-state index >= 15 is 0 Å². The van der Waals surface area contributed by atoms with Gasteiger partial charge in [0, 0.05) is 10.5 Å². The van der Waals surface area contributed by atoms with Crippen molar-refractivity contribution in [3.63, 3.8) is 0 Å². The number of nitrogens with one attached hydrogen (secondary N) is 1. The molecule has 0 aromatic heterocycles. The van der Waals surface area contributed by atoms with Crippen LogP contribution in [0.25, 0.3) is 0 Å². The molecule has 1 heterocycles. The van der Waals surface area contributed by atoms with Gasteiger partial charge in [-0.05, 0) is 40.5 Å². The molecule has 6 heteroatoms. The molecule has 1 aromatic carbocycles. The van der Waals surface area contributed by atoms with E-state index in [1.807, 2.05) is 25.1 Å². The normalized spacial score (nSPS) is 14.9. The van der Waals surface area contributed by atoms with Crippen molar-refractivity contribution < 1.29 is 14.7 Å². The van der Waals surface area contributed by atoms with Crippen molar-refractivity contribution >= 4 is 33.4 Å². The highest BCUT2D eigenvalue weighted by molar-refractivity contribution is 9.10. The second kappa shape index (κ2) is 5.54. The molecular formula is C13H13BrN2O3. The molecule has 1 aromatic rings. The molecule has 1 aliphatic heterocycles. The van der Waals surface area contributed by atoms with Crippen molar-refractivity contribution in [1.82, 2.24) is 4.90 Å². The molecule has 0 saturated carbocycles. The van der Waals surface area contributed by atoms with Crippen molar-refractivity contribution in [2.45, 2.75) is 6.92 Å². The van der Waals surface area contributed by atoms with Crippen LogP contribution in [0.2, 0.25) is 0 Å². The van der Waals surface area contributed by atoms with E-state index in [9.17, 15) is 9.59 Å². The Kier molecular flexibility index (Phi) is 4.01. The minimum absolute atomic E-state index is 0.00835. The number of aliphatic hydroxyl groups excluding tert-OH is 1. The van der Waals surface area contributed by atoms with Gasteiger partial charge in [0.05, 0.1) is 18.8 Å². The first-order chi connectivity index (χ1) is 9.02. The molecule has 0 bridgehead atoms. The van der Waals surface area contributed by atoms with Crippen LogP contribution in [0, 0.1) is 6.92 Å². The summed E-state index contributed by atoms with van der Waals surface area (Å²) in [6, 6.07) is 5.64. The fourth-order valence-corrected chi connectivity index (χ4v) is 2.37. The van der Waals surface area contributed by atoms with Gasteiger partial charge < -0.3 is 10.4 Å². The van der Waals surface area contributed by atoms with Gasteiger partial charge in [0.1, 0.15) is 5.70 Å². The Hall–Kier alpha value is -1.66. The van der Waals surface area contributed by atoms with Gasteiger partial charge in [0.2, 0.25) is 0 Å². The van der Waals surface area contributed by atoms with Crippen LogP contribution < -0.4 is 5.32 Å². The molecule has 2 amide bonds. The van der Waals surface area contributed by atoms with Crippen LogP contribution in [0.1, 0.15) is 5.56 Å². The second-order valence-electron chi connectivity index (χ2n) is 4.18. The van der Waals surface area contributed by atoms with E-state index in [4.69, 9.17) is 5.11 Å². The zero-order chi connectivity index (χ0) is 14.0. The van der Waals surface area contributed by atoms with Crippen molar-refractivity contribution in [3.8, 4) is 0 Å². The maximum absolute atomic E-state index is 11.9. The maximum atomic E-state index is 11.9. The molecule has 0 atom stereocenters. The van der Waals surface area contributed by atoms with E-state index in [0.29, 0.717) is 5.69 Å². The molecule has 0 radical (unpaired) electrons. The lowest BCUT2D eigenvalue weighted by Crippen LogP contribution is -2.34. The number of halogens is 1. The van der Waals surface area contributed by atoms with Crippen LogP contribution in [-0.2, 0) is 9.59 Å². The van der Waals surface area contributed by atoms with Crippen molar-refractivity contribution in [1.29, 1.82) is 0 Å². The van der Waals surface area contributed by atoms with Crippen molar-refractivity contribution in [2.24, 2.45) is 0 Å². The topological polar surface area (TPSA) is 69.6 Å². The number of carbonyl (C=O) groups is 2. The number of benzene rings is 1. The van der Waals surface area contributed by atoms with E-state index in [1.54, 1.807) is 0 Å². The fraction of sp³-hybridized carbons (Fsp3) is 0.231. The van der Waals surface area contributed by atoms with Gasteiger partial charge in [-0.1, -0.05) is 6.07 Å². The Balaban J connectivity index is 2.18. The molecule has 0 aliphatic carbocycles. The van der Waals surface area contributed by atoms with E-state index in [1.165, 1.54) is 6.08 Å². The minimum atomic E-state index is -0.425. The summed E-state index contributed by atoms with van der Waals surface area (Å²) in [6.07, 6.45) is 1.24. The Bertz CT molecular complexity index is 569. The van der Waals surface area contributed by atoms with Crippen LogP contribution in [0.4, 0.5) is 5.69 Å². The summed E-state index contributed by atoms with van der Waals surface area (Å²) in [5.74, 6) is -0.837. The van der Waals surface area contributed by atoms with Gasteiger partial charge >= 0.3 is 0 Å². The van der Waals surface area contributed by atoms with E-state index in [2.05, 4.69) is 21.2 Å². The summed E-state index contributed by atoms with van der Waals surface area (Å²) in [6.45, 7) is 1.72. The smallest absolute Gasteiger partial charge is 0.277 e. The zero-order valence-corrected chi connectivity index (χ0v) is 11.9. The zero-order valence-electron chi connectivity index (χ0n) is 10.3. The highest BCUT2D eigenvalue weighted by Gasteiger charge is 2.30. The Morgan fingerprint density at radius 1 is 1.37 bits per heavy atom. The average molecular weight is 325 g/mol. The summed E-state index contributed by atoms with van der Waals surface area (Å²) in [5.41, 5.74) is 2.01. The molecular weight excluding hydrogens is 312 g/mol. The highest BCUT2D eigenvalue weighted by Crippen LogP contribution is 2.26. The number of rotatable bonds is 4. The van der Waals surface area contributed by atoms with Gasteiger partial charge in [-0.25, -0.2) is 0 Å². The summed E-state index contributed by atoms with van der Waals surface area (Å²) >= 11 is 3.40. The third-order valence-corrected chi connectivity index (χ3v) is 3.38. The number of imide groups is 1. The standard InChI is InChI=1S/C13H13BrN2O3/c1-8-2-3-10(9(14)6-8)15-11-7-12(18)16(4-5-17)13(11)19/h2-3,6-7,15,17H,4-5H2,1H3. The molecule has 100 valence electrons. The Labute approximate surface area is 119 Å². The number of nitrogens with zero attached hydrogens (tertiary/aromatic N) is 1. The SMILES string of the molecule is Cc1ccc(NC2=CC(=O)N(CCO)C2=O)c(Br)c1. The van der Waals surface area contributed by atoms with Gasteiger partial charge in [-0.15, -0.1) is 0 Å². The van der Waals surface area contributed by atoms with Crippen molar-refractivity contribution in [3.05, 3.63) is 40.0 Å². The minimum Gasteiger partial charge on any atom is -0.395 e. The predicted molar refractivity (Wildman–Crippen MR) is 74.4 cm³/mol. The first-order valence-corrected chi connectivity index (χ1v) is 6.54. The van der Waals surface area contributed by atoms with Crippen LogP contribution in [0.15, 0.2) is 34.4 Å². The van der Waals surface area contributed by atoms with E-state index in [-0.39, 0.29) is 18.8 Å². The summed E-state index contributed by atoms with van der Waals surface area (Å²) in [5, 5.41) is 11.7. The number of aliphatic hydroxyl groups is 1. The third kappa shape index (κ3) is 2.85. The number of anilines is 1. The van der Waals surface area contributed by atoms with Crippen LogP contribution in [0.3, 0.4) is 0 Å². The molecule has 0 fully saturated rings. The van der Waals surface area contributed by atoms with Gasteiger partial charge in [-0.3, -0.25) is 14.5 Å². The summed E-state index contributed by atoms with van der Waals surface area (Å²) in [4.78, 5) is 24.5.